The fourth-order valence-electron chi connectivity index (χ4n) is 1.92. The summed E-state index contributed by atoms with van der Waals surface area (Å²) in [7, 11) is -4.13. The van der Waals surface area contributed by atoms with Crippen LogP contribution in [0.4, 0.5) is 4.39 Å². The molecule has 0 fully saturated rings. The molecule has 0 aliphatic heterocycles. The lowest BCUT2D eigenvalue weighted by Crippen LogP contribution is -2.38. The van der Waals surface area contributed by atoms with Crippen LogP contribution in [-0.2, 0) is 10.0 Å². The van der Waals surface area contributed by atoms with Crippen molar-refractivity contribution in [2.45, 2.75) is 38.1 Å². The van der Waals surface area contributed by atoms with Gasteiger partial charge in [-0.2, -0.15) is 0 Å². The van der Waals surface area contributed by atoms with Crippen molar-refractivity contribution in [2.24, 2.45) is 5.14 Å². The highest BCUT2D eigenvalue weighted by atomic mass is 79.9. The minimum Gasteiger partial charge on any atom is -0.336 e. The quantitative estimate of drug-likeness (QED) is 0.851. The second-order valence-electron chi connectivity index (χ2n) is 4.90. The average molecular weight is 381 g/mol. The Kier molecular flexibility index (Phi) is 5.89. The summed E-state index contributed by atoms with van der Waals surface area (Å²) in [6.07, 6.45) is 0.735. The van der Waals surface area contributed by atoms with Gasteiger partial charge in [0.2, 0.25) is 10.0 Å². The third kappa shape index (κ3) is 4.24. The van der Waals surface area contributed by atoms with Gasteiger partial charge in [-0.25, -0.2) is 17.9 Å². The van der Waals surface area contributed by atoms with Crippen molar-refractivity contribution in [3.05, 3.63) is 28.0 Å². The molecular weight excluding hydrogens is 363 g/mol. The van der Waals surface area contributed by atoms with E-state index in [4.69, 9.17) is 5.14 Å². The predicted octanol–water partition coefficient (Wildman–Crippen LogP) is 2.50. The Morgan fingerprint density at radius 2 is 2.00 bits per heavy atom. The topological polar surface area (TPSA) is 80.5 Å². The van der Waals surface area contributed by atoms with Gasteiger partial charge < -0.3 is 4.90 Å². The van der Waals surface area contributed by atoms with Crippen molar-refractivity contribution in [3.8, 4) is 0 Å². The Labute approximate surface area is 132 Å². The molecule has 0 atom stereocenters. The van der Waals surface area contributed by atoms with E-state index in [0.717, 1.165) is 18.6 Å². The molecule has 0 bridgehead atoms. The summed E-state index contributed by atoms with van der Waals surface area (Å²) in [4.78, 5) is 13.6. The molecule has 0 spiro atoms. The first-order chi connectivity index (χ1) is 9.59. The number of nitrogens with two attached hydrogens (primary N) is 1. The number of amides is 1. The van der Waals surface area contributed by atoms with Gasteiger partial charge in [0, 0.05) is 12.6 Å². The number of hydrogen-bond acceptors (Lipinski definition) is 3. The first-order valence-corrected chi connectivity index (χ1v) is 8.76. The van der Waals surface area contributed by atoms with E-state index in [0.29, 0.717) is 6.54 Å². The average Bonchev–Trinajstić information content (AvgIpc) is 2.35. The third-order valence-corrected chi connectivity index (χ3v) is 4.94. The van der Waals surface area contributed by atoms with E-state index in [1.165, 1.54) is 0 Å². The molecule has 0 saturated heterocycles. The molecule has 5 nitrogen and oxygen atoms in total. The molecule has 0 heterocycles. The smallest absolute Gasteiger partial charge is 0.255 e. The SMILES string of the molecule is CCCN(C(=O)c1cc(F)cc(S(N)(=O)=O)c1Br)C(C)C. The van der Waals surface area contributed by atoms with E-state index in [2.05, 4.69) is 15.9 Å². The number of benzene rings is 1. The molecule has 1 rings (SSSR count). The van der Waals surface area contributed by atoms with E-state index in [9.17, 15) is 17.6 Å². The van der Waals surface area contributed by atoms with Gasteiger partial charge in [-0.3, -0.25) is 4.79 Å². The number of rotatable bonds is 5. The van der Waals surface area contributed by atoms with Gasteiger partial charge in [0.1, 0.15) is 5.82 Å². The van der Waals surface area contributed by atoms with Crippen molar-refractivity contribution < 1.29 is 17.6 Å². The zero-order valence-electron chi connectivity index (χ0n) is 12.1. The molecule has 8 heteroatoms. The largest absolute Gasteiger partial charge is 0.336 e. The highest BCUT2D eigenvalue weighted by molar-refractivity contribution is 9.10. The Balaban J connectivity index is 3.43. The molecule has 0 saturated carbocycles. The van der Waals surface area contributed by atoms with Crippen LogP contribution in [0.1, 0.15) is 37.6 Å². The summed E-state index contributed by atoms with van der Waals surface area (Å²) in [5.74, 6) is -1.27. The molecular formula is C13H18BrFN2O3S. The normalized spacial score (nSPS) is 11.8. The van der Waals surface area contributed by atoms with Crippen molar-refractivity contribution >= 4 is 31.9 Å². The minimum atomic E-state index is -4.13. The molecule has 1 aromatic rings. The van der Waals surface area contributed by atoms with E-state index in [-0.39, 0.29) is 16.1 Å². The first kappa shape index (κ1) is 18.1. The minimum absolute atomic E-state index is 0.0156. The molecule has 0 radical (unpaired) electrons. The van der Waals surface area contributed by atoms with Crippen LogP contribution in [-0.4, -0.2) is 31.8 Å². The Hall–Kier alpha value is -0.990. The lowest BCUT2D eigenvalue weighted by atomic mass is 10.1. The summed E-state index contributed by atoms with van der Waals surface area (Å²) in [5.41, 5.74) is -0.0545. The van der Waals surface area contributed by atoms with Crippen LogP contribution in [0, 0.1) is 5.82 Å². The fourth-order valence-corrected chi connectivity index (χ4v) is 3.63. The number of carbonyl (C=O) groups excluding carboxylic acids is 1. The maximum absolute atomic E-state index is 13.6. The zero-order valence-corrected chi connectivity index (χ0v) is 14.5. The van der Waals surface area contributed by atoms with E-state index in [1.807, 2.05) is 20.8 Å². The van der Waals surface area contributed by atoms with E-state index >= 15 is 0 Å². The van der Waals surface area contributed by atoms with Crippen LogP contribution < -0.4 is 5.14 Å². The summed E-state index contributed by atoms with van der Waals surface area (Å²) in [6.45, 7) is 6.08. The first-order valence-electron chi connectivity index (χ1n) is 6.42. The molecule has 0 unspecified atom stereocenters. The van der Waals surface area contributed by atoms with Gasteiger partial charge in [-0.15, -0.1) is 0 Å². The molecule has 0 aromatic heterocycles. The summed E-state index contributed by atoms with van der Waals surface area (Å²) in [5, 5.41) is 5.04. The summed E-state index contributed by atoms with van der Waals surface area (Å²) >= 11 is 3.05. The third-order valence-electron chi connectivity index (χ3n) is 2.89. The van der Waals surface area contributed by atoms with Crippen molar-refractivity contribution in [2.75, 3.05) is 6.54 Å². The monoisotopic (exact) mass is 380 g/mol. The number of hydrogen-bond donors (Lipinski definition) is 1. The van der Waals surface area contributed by atoms with E-state index in [1.54, 1.807) is 4.90 Å². The second-order valence-corrected chi connectivity index (χ2v) is 7.23. The van der Waals surface area contributed by atoms with Crippen LogP contribution in [0.3, 0.4) is 0 Å². The zero-order chi connectivity index (χ0) is 16.4. The molecule has 2 N–H and O–H groups in total. The van der Waals surface area contributed by atoms with E-state index < -0.39 is 26.6 Å². The number of sulfonamides is 1. The lowest BCUT2D eigenvalue weighted by molar-refractivity contribution is 0.0704. The Morgan fingerprint density at radius 3 is 2.43 bits per heavy atom. The van der Waals surface area contributed by atoms with Crippen molar-refractivity contribution in [3.63, 3.8) is 0 Å². The maximum Gasteiger partial charge on any atom is 0.255 e. The highest BCUT2D eigenvalue weighted by Gasteiger charge is 2.25. The van der Waals surface area contributed by atoms with Gasteiger partial charge >= 0.3 is 0 Å². The molecule has 0 aliphatic rings. The summed E-state index contributed by atoms with van der Waals surface area (Å²) in [6, 6.07) is 1.70. The molecule has 118 valence electrons. The lowest BCUT2D eigenvalue weighted by Gasteiger charge is -2.27. The van der Waals surface area contributed by atoms with Crippen LogP contribution in [0.2, 0.25) is 0 Å². The Morgan fingerprint density at radius 1 is 1.43 bits per heavy atom. The number of primary sulfonamides is 1. The van der Waals surface area contributed by atoms with Crippen molar-refractivity contribution in [1.82, 2.24) is 4.90 Å². The molecule has 1 amide bonds. The number of halogens is 2. The van der Waals surface area contributed by atoms with Crippen molar-refractivity contribution in [1.29, 1.82) is 0 Å². The van der Waals surface area contributed by atoms with Crippen LogP contribution in [0.25, 0.3) is 0 Å². The Bertz CT molecular complexity index is 647. The van der Waals surface area contributed by atoms with Gasteiger partial charge in [0.05, 0.1) is 14.9 Å². The maximum atomic E-state index is 13.6. The molecule has 0 aliphatic carbocycles. The fraction of sp³-hybridized carbons (Fsp3) is 0.462. The molecule has 1 aromatic carbocycles. The number of nitrogens with zero attached hydrogens (tertiary/aromatic N) is 1. The van der Waals surface area contributed by atoms with Gasteiger partial charge in [-0.1, -0.05) is 6.92 Å². The summed E-state index contributed by atoms with van der Waals surface area (Å²) < 4.78 is 36.6. The predicted molar refractivity (Wildman–Crippen MR) is 81.9 cm³/mol. The van der Waals surface area contributed by atoms with Gasteiger partial charge in [-0.05, 0) is 48.3 Å². The van der Waals surface area contributed by atoms with Gasteiger partial charge in [0.15, 0.2) is 0 Å². The van der Waals surface area contributed by atoms with Crippen LogP contribution in [0.15, 0.2) is 21.5 Å². The highest BCUT2D eigenvalue weighted by Crippen LogP contribution is 2.28. The van der Waals surface area contributed by atoms with Gasteiger partial charge in [0.25, 0.3) is 5.91 Å². The second kappa shape index (κ2) is 6.85. The molecule has 21 heavy (non-hydrogen) atoms. The van der Waals surface area contributed by atoms with Crippen LogP contribution in [0.5, 0.6) is 0 Å². The number of carbonyl (C=O) groups is 1. The van der Waals surface area contributed by atoms with Crippen LogP contribution >= 0.6 is 15.9 Å². The standard InChI is InChI=1S/C13H18BrFN2O3S/c1-4-5-17(8(2)3)13(18)10-6-9(15)7-11(12(10)14)21(16,19)20/h6-8H,4-5H2,1-3H3,(H2,16,19,20).